The summed E-state index contributed by atoms with van der Waals surface area (Å²) in [6.45, 7) is 0.116. The molecular formula is C15H14F2N6O2S. The third-order valence-corrected chi connectivity index (χ3v) is 4.77. The molecule has 0 fully saturated rings. The molecule has 3 rings (SSSR count). The van der Waals surface area contributed by atoms with E-state index in [4.69, 9.17) is 0 Å². The Labute approximate surface area is 148 Å². The van der Waals surface area contributed by atoms with Gasteiger partial charge in [0, 0.05) is 31.5 Å². The number of rotatable bonds is 7. The Kier molecular flexibility index (Phi) is 5.19. The summed E-state index contributed by atoms with van der Waals surface area (Å²) in [5, 5.41) is 6.96. The van der Waals surface area contributed by atoms with Gasteiger partial charge in [-0.1, -0.05) is 0 Å². The van der Waals surface area contributed by atoms with Crippen LogP contribution >= 0.6 is 0 Å². The summed E-state index contributed by atoms with van der Waals surface area (Å²) in [4.78, 5) is 7.35. The molecule has 2 aromatic heterocycles. The van der Waals surface area contributed by atoms with Gasteiger partial charge < -0.3 is 5.32 Å². The fourth-order valence-electron chi connectivity index (χ4n) is 2.11. The molecule has 0 unspecified atom stereocenters. The Balaban J connectivity index is 1.59. The first-order valence-electron chi connectivity index (χ1n) is 7.46. The highest BCUT2D eigenvalue weighted by atomic mass is 32.2. The van der Waals surface area contributed by atoms with E-state index >= 15 is 0 Å². The lowest BCUT2D eigenvalue weighted by molar-refractivity contribution is 0.546. The fraction of sp³-hybridized carbons (Fsp3) is 0.133. The Hall–Kier alpha value is -2.92. The molecule has 0 radical (unpaired) electrons. The van der Waals surface area contributed by atoms with Crippen molar-refractivity contribution in [2.75, 3.05) is 18.4 Å². The third-order valence-electron chi connectivity index (χ3n) is 3.30. The average Bonchev–Trinajstić information content (AvgIpc) is 3.16. The summed E-state index contributed by atoms with van der Waals surface area (Å²) in [5.74, 6) is -0.861. The molecule has 2 heterocycles. The van der Waals surface area contributed by atoms with Gasteiger partial charge in [-0.05, 0) is 24.3 Å². The molecule has 0 saturated heterocycles. The van der Waals surface area contributed by atoms with Crippen molar-refractivity contribution in [3.8, 4) is 5.82 Å². The van der Waals surface area contributed by atoms with Crippen LogP contribution in [0.15, 0.2) is 53.9 Å². The monoisotopic (exact) mass is 380 g/mol. The first-order chi connectivity index (χ1) is 12.5. The van der Waals surface area contributed by atoms with Crippen LogP contribution in [0.5, 0.6) is 0 Å². The number of anilines is 1. The Bertz CT molecular complexity index is 995. The van der Waals surface area contributed by atoms with Crippen LogP contribution in [0.4, 0.5) is 14.6 Å². The summed E-state index contributed by atoms with van der Waals surface area (Å²) >= 11 is 0. The van der Waals surface area contributed by atoms with E-state index in [0.29, 0.717) is 17.7 Å². The van der Waals surface area contributed by atoms with E-state index in [-0.39, 0.29) is 13.1 Å². The maximum absolute atomic E-state index is 13.6. The van der Waals surface area contributed by atoms with Gasteiger partial charge in [0.05, 0.1) is 0 Å². The van der Waals surface area contributed by atoms with E-state index < -0.39 is 26.6 Å². The second kappa shape index (κ2) is 7.54. The maximum atomic E-state index is 13.6. The van der Waals surface area contributed by atoms with Crippen molar-refractivity contribution in [1.29, 1.82) is 0 Å². The number of hydrogen-bond donors (Lipinski definition) is 2. The molecule has 0 aliphatic heterocycles. The number of nitrogens with zero attached hydrogens (tertiary/aromatic N) is 4. The number of hydrogen-bond acceptors (Lipinski definition) is 6. The van der Waals surface area contributed by atoms with Gasteiger partial charge in [-0.15, -0.1) is 0 Å². The summed E-state index contributed by atoms with van der Waals surface area (Å²) in [6, 6.07) is 5.62. The zero-order chi connectivity index (χ0) is 18.6. The standard InChI is InChI=1S/C15H14F2N6O2S/c16-11-2-3-12(17)13(8-11)26(24,25)22-6-5-18-14-9-15(20-10-19-14)23-7-1-4-21-23/h1-4,7-10,22H,5-6H2,(H,18,19,20). The summed E-state index contributed by atoms with van der Waals surface area (Å²) < 4.78 is 54.6. The lowest BCUT2D eigenvalue weighted by Crippen LogP contribution is -2.29. The maximum Gasteiger partial charge on any atom is 0.243 e. The number of nitrogens with one attached hydrogen (secondary N) is 2. The van der Waals surface area contributed by atoms with Crippen LogP contribution in [0.3, 0.4) is 0 Å². The highest BCUT2D eigenvalue weighted by Gasteiger charge is 2.19. The van der Waals surface area contributed by atoms with E-state index in [9.17, 15) is 17.2 Å². The molecule has 26 heavy (non-hydrogen) atoms. The fourth-order valence-corrected chi connectivity index (χ4v) is 3.23. The van der Waals surface area contributed by atoms with Gasteiger partial charge in [0.1, 0.15) is 28.7 Å². The zero-order valence-electron chi connectivity index (χ0n) is 13.3. The Morgan fingerprint density at radius 2 is 1.96 bits per heavy atom. The van der Waals surface area contributed by atoms with Gasteiger partial charge >= 0.3 is 0 Å². The molecule has 0 aliphatic rings. The molecule has 2 N–H and O–H groups in total. The minimum Gasteiger partial charge on any atom is -0.369 e. The number of benzene rings is 1. The predicted octanol–water partition coefficient (Wildman–Crippen LogP) is 1.33. The molecule has 3 aromatic rings. The second-order valence-corrected chi connectivity index (χ2v) is 6.85. The molecule has 0 spiro atoms. The Morgan fingerprint density at radius 3 is 2.73 bits per heavy atom. The van der Waals surface area contributed by atoms with Crippen molar-refractivity contribution >= 4 is 15.8 Å². The summed E-state index contributed by atoms with van der Waals surface area (Å²) in [6.07, 6.45) is 4.66. The minimum atomic E-state index is -4.16. The molecule has 0 atom stereocenters. The molecule has 1 aromatic carbocycles. The smallest absolute Gasteiger partial charge is 0.243 e. The van der Waals surface area contributed by atoms with Crippen molar-refractivity contribution in [2.24, 2.45) is 0 Å². The van der Waals surface area contributed by atoms with Gasteiger partial charge in [0.25, 0.3) is 0 Å². The first kappa shape index (κ1) is 17.9. The summed E-state index contributed by atoms with van der Waals surface area (Å²) in [7, 11) is -4.16. The van der Waals surface area contributed by atoms with Gasteiger partial charge in [-0.2, -0.15) is 5.10 Å². The number of halogens is 2. The Morgan fingerprint density at radius 1 is 1.12 bits per heavy atom. The van der Waals surface area contributed by atoms with Gasteiger partial charge in [-0.25, -0.2) is 36.6 Å². The van der Waals surface area contributed by atoms with E-state index in [1.54, 1.807) is 29.2 Å². The first-order valence-corrected chi connectivity index (χ1v) is 8.95. The van der Waals surface area contributed by atoms with Crippen LogP contribution in [0.25, 0.3) is 5.82 Å². The number of sulfonamides is 1. The van der Waals surface area contributed by atoms with Crippen LogP contribution in [0.2, 0.25) is 0 Å². The molecule has 136 valence electrons. The van der Waals surface area contributed by atoms with Crippen LogP contribution in [-0.4, -0.2) is 41.3 Å². The molecule has 8 nitrogen and oxygen atoms in total. The van der Waals surface area contributed by atoms with E-state index in [1.165, 1.54) is 6.33 Å². The van der Waals surface area contributed by atoms with E-state index in [2.05, 4.69) is 25.1 Å². The van der Waals surface area contributed by atoms with Crippen molar-refractivity contribution in [3.05, 3.63) is 60.7 Å². The van der Waals surface area contributed by atoms with Gasteiger partial charge in [0.15, 0.2) is 5.82 Å². The minimum absolute atomic E-state index is 0.0562. The normalized spacial score (nSPS) is 11.5. The molecule has 11 heteroatoms. The van der Waals surface area contributed by atoms with Crippen molar-refractivity contribution < 1.29 is 17.2 Å². The van der Waals surface area contributed by atoms with Crippen LogP contribution in [-0.2, 0) is 10.0 Å². The van der Waals surface area contributed by atoms with Crippen molar-refractivity contribution in [2.45, 2.75) is 4.90 Å². The van der Waals surface area contributed by atoms with E-state index in [1.807, 2.05) is 0 Å². The highest BCUT2D eigenvalue weighted by Crippen LogP contribution is 2.15. The molecule has 0 saturated carbocycles. The second-order valence-electron chi connectivity index (χ2n) is 5.11. The quantitative estimate of drug-likeness (QED) is 0.600. The van der Waals surface area contributed by atoms with Crippen molar-refractivity contribution in [3.63, 3.8) is 0 Å². The molecule has 0 amide bonds. The van der Waals surface area contributed by atoms with Gasteiger partial charge in [0.2, 0.25) is 10.0 Å². The third kappa shape index (κ3) is 4.18. The highest BCUT2D eigenvalue weighted by molar-refractivity contribution is 7.89. The number of aromatic nitrogens is 4. The zero-order valence-corrected chi connectivity index (χ0v) is 14.1. The summed E-state index contributed by atoms with van der Waals surface area (Å²) in [5.41, 5.74) is 0. The SMILES string of the molecule is O=S(=O)(NCCNc1cc(-n2cccn2)ncn1)c1cc(F)ccc1F. The van der Waals surface area contributed by atoms with Crippen molar-refractivity contribution in [1.82, 2.24) is 24.5 Å². The van der Waals surface area contributed by atoms with Gasteiger partial charge in [-0.3, -0.25) is 0 Å². The molecular weight excluding hydrogens is 366 g/mol. The van der Waals surface area contributed by atoms with Crippen LogP contribution < -0.4 is 10.0 Å². The lowest BCUT2D eigenvalue weighted by Gasteiger charge is -2.09. The average molecular weight is 380 g/mol. The van der Waals surface area contributed by atoms with Crippen LogP contribution in [0, 0.1) is 11.6 Å². The molecule has 0 bridgehead atoms. The predicted molar refractivity (Wildman–Crippen MR) is 89.2 cm³/mol. The lowest BCUT2D eigenvalue weighted by atomic mass is 10.3. The topological polar surface area (TPSA) is 102 Å². The molecule has 0 aliphatic carbocycles. The van der Waals surface area contributed by atoms with E-state index in [0.717, 1.165) is 12.1 Å². The van der Waals surface area contributed by atoms with Crippen LogP contribution in [0.1, 0.15) is 0 Å². The largest absolute Gasteiger partial charge is 0.369 e.